The van der Waals surface area contributed by atoms with Gasteiger partial charge in [0, 0.05) is 25.8 Å². The second-order valence-electron chi connectivity index (χ2n) is 6.81. The van der Waals surface area contributed by atoms with Gasteiger partial charge in [0.15, 0.2) is 0 Å². The minimum Gasteiger partial charge on any atom is -0.385 e. The normalized spacial score (nSPS) is 13.5. The zero-order valence-electron chi connectivity index (χ0n) is 12.4. The van der Waals surface area contributed by atoms with Crippen molar-refractivity contribution >= 4 is 0 Å². The summed E-state index contributed by atoms with van der Waals surface area (Å²) in [7, 11) is 1.77. The van der Waals surface area contributed by atoms with Gasteiger partial charge in [-0.25, -0.2) is 0 Å². The van der Waals surface area contributed by atoms with E-state index in [0.29, 0.717) is 5.41 Å². The highest BCUT2D eigenvalue weighted by atomic mass is 16.5. The fraction of sp³-hybridized carbons (Fsp3) is 1.00. The quantitative estimate of drug-likeness (QED) is 0.646. The zero-order valence-corrected chi connectivity index (χ0v) is 12.4. The van der Waals surface area contributed by atoms with E-state index in [-0.39, 0.29) is 5.54 Å². The molecule has 0 aliphatic carbocycles. The van der Waals surface area contributed by atoms with Crippen LogP contribution in [0.25, 0.3) is 0 Å². The average Bonchev–Trinajstić information content (AvgIpc) is 2.07. The van der Waals surface area contributed by atoms with Crippen LogP contribution in [0.5, 0.6) is 0 Å². The van der Waals surface area contributed by atoms with Crippen molar-refractivity contribution in [1.29, 1.82) is 0 Å². The number of rotatable bonds is 6. The molecule has 0 aromatic rings. The molecule has 0 rings (SSSR count). The molecule has 0 amide bonds. The SMILES string of the molecule is COCCCN(CCC(C)(C)C)C(C)(C)C. The Kier molecular flexibility index (Phi) is 6.57. The molecule has 2 nitrogen and oxygen atoms in total. The minimum atomic E-state index is 0.263. The molecule has 0 aliphatic rings. The van der Waals surface area contributed by atoms with E-state index < -0.39 is 0 Å². The first-order chi connectivity index (χ1) is 7.17. The summed E-state index contributed by atoms with van der Waals surface area (Å²) in [6.07, 6.45) is 2.37. The van der Waals surface area contributed by atoms with E-state index in [4.69, 9.17) is 4.74 Å². The van der Waals surface area contributed by atoms with E-state index in [0.717, 1.165) is 19.6 Å². The van der Waals surface area contributed by atoms with E-state index in [9.17, 15) is 0 Å². The van der Waals surface area contributed by atoms with Crippen molar-refractivity contribution < 1.29 is 4.74 Å². The maximum atomic E-state index is 5.12. The summed E-state index contributed by atoms with van der Waals surface area (Å²) in [5.41, 5.74) is 0.684. The second-order valence-corrected chi connectivity index (χ2v) is 6.81. The maximum Gasteiger partial charge on any atom is 0.0474 e. The van der Waals surface area contributed by atoms with Crippen molar-refractivity contribution in [3.05, 3.63) is 0 Å². The van der Waals surface area contributed by atoms with Gasteiger partial charge in [-0.15, -0.1) is 0 Å². The Balaban J connectivity index is 4.12. The molecule has 0 spiro atoms. The largest absolute Gasteiger partial charge is 0.385 e. The van der Waals surface area contributed by atoms with Gasteiger partial charge in [-0.05, 0) is 45.6 Å². The predicted octanol–water partition coefficient (Wildman–Crippen LogP) is 3.56. The van der Waals surface area contributed by atoms with Crippen LogP contribution in [0.15, 0.2) is 0 Å². The Labute approximate surface area is 102 Å². The van der Waals surface area contributed by atoms with E-state index >= 15 is 0 Å². The predicted molar refractivity (Wildman–Crippen MR) is 71.9 cm³/mol. The van der Waals surface area contributed by atoms with Crippen molar-refractivity contribution in [3.63, 3.8) is 0 Å². The number of ether oxygens (including phenoxy) is 1. The first kappa shape index (κ1) is 15.9. The lowest BCUT2D eigenvalue weighted by molar-refractivity contribution is 0.100. The molecule has 0 aromatic carbocycles. The Morgan fingerprint density at radius 1 is 0.938 bits per heavy atom. The van der Waals surface area contributed by atoms with Crippen molar-refractivity contribution in [3.8, 4) is 0 Å². The molecule has 98 valence electrons. The van der Waals surface area contributed by atoms with Crippen LogP contribution in [0, 0.1) is 5.41 Å². The minimum absolute atomic E-state index is 0.263. The third-order valence-corrected chi connectivity index (χ3v) is 2.86. The van der Waals surface area contributed by atoms with Gasteiger partial charge < -0.3 is 4.74 Å². The second kappa shape index (κ2) is 6.61. The number of nitrogens with zero attached hydrogens (tertiary/aromatic N) is 1. The van der Waals surface area contributed by atoms with Crippen LogP contribution in [0.2, 0.25) is 0 Å². The van der Waals surface area contributed by atoms with Gasteiger partial charge in [-0.3, -0.25) is 4.90 Å². The van der Waals surface area contributed by atoms with E-state index in [1.54, 1.807) is 7.11 Å². The molecule has 0 bridgehead atoms. The highest BCUT2D eigenvalue weighted by molar-refractivity contribution is 4.78. The van der Waals surface area contributed by atoms with Gasteiger partial charge in [0.1, 0.15) is 0 Å². The standard InChI is InChI=1S/C14H31NO/c1-13(2,3)9-11-15(14(4,5)6)10-8-12-16-7/h8-12H2,1-7H3. The van der Waals surface area contributed by atoms with Crippen molar-refractivity contribution in [2.24, 2.45) is 5.41 Å². The van der Waals surface area contributed by atoms with Gasteiger partial charge in [0.2, 0.25) is 0 Å². The molecule has 0 unspecified atom stereocenters. The molecule has 2 heteroatoms. The van der Waals surface area contributed by atoms with E-state index in [2.05, 4.69) is 46.4 Å². The molecule has 0 saturated carbocycles. The van der Waals surface area contributed by atoms with Gasteiger partial charge in [0.05, 0.1) is 0 Å². The molecule has 0 fully saturated rings. The molecule has 0 saturated heterocycles. The molecule has 0 heterocycles. The molecule has 0 N–H and O–H groups in total. The van der Waals surface area contributed by atoms with Gasteiger partial charge in [-0.2, -0.15) is 0 Å². The lowest BCUT2D eigenvalue weighted by atomic mass is 9.91. The summed E-state index contributed by atoms with van der Waals surface area (Å²) in [5, 5.41) is 0. The maximum absolute atomic E-state index is 5.12. The van der Waals surface area contributed by atoms with Crippen LogP contribution in [0.3, 0.4) is 0 Å². The van der Waals surface area contributed by atoms with Crippen LogP contribution in [0.1, 0.15) is 54.4 Å². The first-order valence-corrected chi connectivity index (χ1v) is 6.41. The van der Waals surface area contributed by atoms with Gasteiger partial charge >= 0.3 is 0 Å². The van der Waals surface area contributed by atoms with Crippen LogP contribution in [0.4, 0.5) is 0 Å². The summed E-state index contributed by atoms with van der Waals surface area (Å²) < 4.78 is 5.12. The summed E-state index contributed by atoms with van der Waals surface area (Å²) in [5.74, 6) is 0. The summed E-state index contributed by atoms with van der Waals surface area (Å²) in [6, 6.07) is 0. The van der Waals surface area contributed by atoms with E-state index in [1.165, 1.54) is 13.0 Å². The Morgan fingerprint density at radius 3 is 1.88 bits per heavy atom. The Bertz CT molecular complexity index is 176. The molecule has 0 radical (unpaired) electrons. The smallest absolute Gasteiger partial charge is 0.0474 e. The topological polar surface area (TPSA) is 12.5 Å². The summed E-state index contributed by atoms with van der Waals surface area (Å²) in [6.45, 7) is 17.0. The fourth-order valence-corrected chi connectivity index (χ4v) is 1.65. The third-order valence-electron chi connectivity index (χ3n) is 2.86. The van der Waals surface area contributed by atoms with Crippen LogP contribution in [-0.4, -0.2) is 37.2 Å². The first-order valence-electron chi connectivity index (χ1n) is 6.41. The third kappa shape index (κ3) is 8.12. The van der Waals surface area contributed by atoms with Gasteiger partial charge in [0.25, 0.3) is 0 Å². The van der Waals surface area contributed by atoms with Crippen LogP contribution < -0.4 is 0 Å². The Morgan fingerprint density at radius 2 is 1.50 bits per heavy atom. The van der Waals surface area contributed by atoms with Crippen molar-refractivity contribution in [2.45, 2.75) is 59.9 Å². The number of methoxy groups -OCH3 is 1. The lowest BCUT2D eigenvalue weighted by Crippen LogP contribution is -2.43. The fourth-order valence-electron chi connectivity index (χ4n) is 1.65. The molecular formula is C14H31NO. The molecular weight excluding hydrogens is 198 g/mol. The van der Waals surface area contributed by atoms with Crippen molar-refractivity contribution in [1.82, 2.24) is 4.90 Å². The average molecular weight is 229 g/mol. The molecule has 0 aliphatic heterocycles. The Hall–Kier alpha value is -0.0800. The molecule has 16 heavy (non-hydrogen) atoms. The number of hydrogen-bond acceptors (Lipinski definition) is 2. The highest BCUT2D eigenvalue weighted by Crippen LogP contribution is 2.22. The van der Waals surface area contributed by atoms with E-state index in [1.807, 2.05) is 0 Å². The van der Waals surface area contributed by atoms with Gasteiger partial charge in [-0.1, -0.05) is 20.8 Å². The molecule has 0 atom stereocenters. The van der Waals surface area contributed by atoms with Crippen molar-refractivity contribution in [2.75, 3.05) is 26.8 Å². The monoisotopic (exact) mass is 229 g/mol. The summed E-state index contributed by atoms with van der Waals surface area (Å²) in [4.78, 5) is 2.57. The summed E-state index contributed by atoms with van der Waals surface area (Å²) >= 11 is 0. The molecule has 0 aromatic heterocycles. The van der Waals surface area contributed by atoms with Crippen LogP contribution >= 0.6 is 0 Å². The zero-order chi connectivity index (χ0) is 12.8. The lowest BCUT2D eigenvalue weighted by Gasteiger charge is -2.37. The van der Waals surface area contributed by atoms with Crippen LogP contribution in [-0.2, 0) is 4.74 Å². The highest BCUT2D eigenvalue weighted by Gasteiger charge is 2.22. The number of hydrogen-bond donors (Lipinski definition) is 0.